The fraction of sp³-hybridized carbons (Fsp3) is 0.222. The number of nitrogens with zero attached hydrogens (tertiary/aromatic N) is 2. The molecule has 4 N–H and O–H groups in total. The molecule has 0 aromatic heterocycles. The number of amidine groups is 1. The molecule has 2 aromatic rings. The van der Waals surface area contributed by atoms with Crippen molar-refractivity contribution in [3.05, 3.63) is 66.2 Å². The number of aliphatic hydroxyl groups excluding tert-OH is 2. The molecule has 0 bridgehead atoms. The van der Waals surface area contributed by atoms with Gasteiger partial charge in [0.25, 0.3) is 0 Å². The minimum Gasteiger partial charge on any atom is -0.394 e. The Bertz CT molecular complexity index is 743. The van der Waals surface area contributed by atoms with E-state index >= 15 is 0 Å². The van der Waals surface area contributed by atoms with Crippen LogP contribution in [0.25, 0.3) is 0 Å². The van der Waals surface area contributed by atoms with Crippen LogP contribution in [0, 0.1) is 0 Å². The number of hydrogen-bond acceptors (Lipinski definition) is 7. The summed E-state index contributed by atoms with van der Waals surface area (Å²) in [5, 5.41) is 23.6. The molecule has 3 rings (SSSR count). The molecule has 0 atom stereocenters. The third-order valence-electron chi connectivity index (χ3n) is 3.79. The lowest BCUT2D eigenvalue weighted by Crippen LogP contribution is -2.51. The van der Waals surface area contributed by atoms with Gasteiger partial charge in [-0.3, -0.25) is 15.3 Å². The van der Waals surface area contributed by atoms with Gasteiger partial charge in [-0.1, -0.05) is 48.5 Å². The summed E-state index contributed by atoms with van der Waals surface area (Å²) in [6, 6.07) is 19.0. The van der Waals surface area contributed by atoms with Crippen molar-refractivity contribution in [1.29, 1.82) is 0 Å². The quantitative estimate of drug-likeness (QED) is 0.467. The van der Waals surface area contributed by atoms with Crippen molar-refractivity contribution in [2.24, 2.45) is 10.1 Å². The van der Waals surface area contributed by atoms with Crippen LogP contribution in [-0.2, 0) is 4.84 Å². The molecule has 130 valence electrons. The number of nitrogens with one attached hydrogen (secondary N) is 2. The number of benzene rings is 2. The third kappa shape index (κ3) is 4.03. The summed E-state index contributed by atoms with van der Waals surface area (Å²) >= 11 is 0. The second-order valence-corrected chi connectivity index (χ2v) is 5.70. The minimum absolute atomic E-state index is 0.0671. The molecule has 0 saturated carbocycles. The van der Waals surface area contributed by atoms with Gasteiger partial charge in [0.05, 0.1) is 18.9 Å². The molecule has 7 nitrogen and oxygen atoms in total. The van der Waals surface area contributed by atoms with Crippen LogP contribution >= 0.6 is 0 Å². The molecule has 25 heavy (non-hydrogen) atoms. The van der Waals surface area contributed by atoms with Crippen LogP contribution in [0.4, 0.5) is 5.69 Å². The van der Waals surface area contributed by atoms with Gasteiger partial charge in [0.2, 0.25) is 0 Å². The van der Waals surface area contributed by atoms with Gasteiger partial charge in [-0.05, 0) is 12.1 Å². The van der Waals surface area contributed by atoms with E-state index in [1.165, 1.54) is 0 Å². The summed E-state index contributed by atoms with van der Waals surface area (Å²) in [7, 11) is 0. The number of hydrogen-bond donors (Lipinski definition) is 4. The van der Waals surface area contributed by atoms with Gasteiger partial charge in [-0.2, -0.15) is 5.10 Å². The molecule has 0 radical (unpaired) electrons. The largest absolute Gasteiger partial charge is 0.394 e. The Morgan fingerprint density at radius 2 is 1.72 bits per heavy atom. The molecule has 1 aliphatic heterocycles. The minimum atomic E-state index is -1.09. The summed E-state index contributed by atoms with van der Waals surface area (Å²) in [6.07, 6.45) is 0. The molecule has 0 unspecified atom stereocenters. The highest BCUT2D eigenvalue weighted by Crippen LogP contribution is 2.16. The maximum atomic E-state index is 9.59. The van der Waals surface area contributed by atoms with E-state index in [0.29, 0.717) is 11.5 Å². The van der Waals surface area contributed by atoms with Gasteiger partial charge in [-0.25, -0.2) is 5.48 Å². The molecular weight excluding hydrogens is 320 g/mol. The van der Waals surface area contributed by atoms with Crippen molar-refractivity contribution in [1.82, 2.24) is 5.48 Å². The van der Waals surface area contributed by atoms with Crippen LogP contribution in [0.15, 0.2) is 70.8 Å². The van der Waals surface area contributed by atoms with E-state index in [2.05, 4.69) is 21.0 Å². The lowest BCUT2D eigenvalue weighted by Gasteiger charge is -2.31. The number of hydroxylamine groups is 1. The van der Waals surface area contributed by atoms with Crippen LogP contribution in [-0.4, -0.2) is 47.1 Å². The SMILES string of the molecule is OCC1(CO)CONC(/C(=N/Nc2ccccc2)c2ccccc2)=N1. The zero-order valence-electron chi connectivity index (χ0n) is 13.6. The maximum Gasteiger partial charge on any atom is 0.174 e. The zero-order chi connectivity index (χ0) is 17.5. The van der Waals surface area contributed by atoms with E-state index in [1.54, 1.807) is 0 Å². The number of rotatable bonds is 6. The average Bonchev–Trinajstić information content (AvgIpc) is 2.70. The highest BCUT2D eigenvalue weighted by atomic mass is 16.6. The predicted octanol–water partition coefficient (Wildman–Crippen LogP) is 1.16. The maximum absolute atomic E-state index is 9.59. The highest BCUT2D eigenvalue weighted by molar-refractivity contribution is 6.47. The molecule has 7 heteroatoms. The van der Waals surface area contributed by atoms with E-state index in [1.807, 2.05) is 60.7 Å². The van der Waals surface area contributed by atoms with E-state index in [0.717, 1.165) is 11.3 Å². The monoisotopic (exact) mass is 340 g/mol. The standard InChI is InChI=1S/C18H20N4O3/c23-11-18(12-24)13-25-22-17(19-18)16(14-7-3-1-4-8-14)21-20-15-9-5-2-6-10-15/h1-10,20,23-24H,11-13H2,(H,19,22)/b21-16+. The van der Waals surface area contributed by atoms with Crippen molar-refractivity contribution in [2.75, 3.05) is 25.2 Å². The van der Waals surface area contributed by atoms with Crippen LogP contribution < -0.4 is 10.9 Å². The Balaban J connectivity index is 1.98. The molecule has 1 heterocycles. The van der Waals surface area contributed by atoms with Crippen molar-refractivity contribution in [3.8, 4) is 0 Å². The van der Waals surface area contributed by atoms with Gasteiger partial charge in [0.1, 0.15) is 17.9 Å². The van der Waals surface area contributed by atoms with E-state index in [4.69, 9.17) is 4.84 Å². The molecule has 1 aliphatic rings. The van der Waals surface area contributed by atoms with Crippen LogP contribution in [0.3, 0.4) is 0 Å². The molecule has 0 amide bonds. The Labute approximate surface area is 145 Å². The number of para-hydroxylation sites is 1. The van der Waals surface area contributed by atoms with Crippen molar-refractivity contribution < 1.29 is 15.1 Å². The van der Waals surface area contributed by atoms with Crippen molar-refractivity contribution in [2.45, 2.75) is 5.54 Å². The third-order valence-corrected chi connectivity index (χ3v) is 3.79. The number of aliphatic hydroxyl groups is 2. The number of aliphatic imine (C=N–C) groups is 1. The summed E-state index contributed by atoms with van der Waals surface area (Å²) in [5.41, 5.74) is 6.78. The molecule has 0 spiro atoms. The van der Waals surface area contributed by atoms with Gasteiger partial charge in [0.15, 0.2) is 5.84 Å². The van der Waals surface area contributed by atoms with Crippen LogP contribution in [0.1, 0.15) is 5.56 Å². The zero-order valence-corrected chi connectivity index (χ0v) is 13.6. The Morgan fingerprint density at radius 1 is 1.08 bits per heavy atom. The molecule has 0 fully saturated rings. The first-order chi connectivity index (χ1) is 12.3. The van der Waals surface area contributed by atoms with Gasteiger partial charge in [-0.15, -0.1) is 0 Å². The second-order valence-electron chi connectivity index (χ2n) is 5.70. The van der Waals surface area contributed by atoms with Gasteiger partial charge in [0, 0.05) is 5.56 Å². The van der Waals surface area contributed by atoms with Crippen molar-refractivity contribution >= 4 is 17.2 Å². The molecule has 0 aliphatic carbocycles. The fourth-order valence-corrected chi connectivity index (χ4v) is 2.33. The van der Waals surface area contributed by atoms with Gasteiger partial charge >= 0.3 is 0 Å². The lowest BCUT2D eigenvalue weighted by molar-refractivity contribution is -0.0120. The summed E-state index contributed by atoms with van der Waals surface area (Å²) in [4.78, 5) is 9.77. The van der Waals surface area contributed by atoms with E-state index in [9.17, 15) is 10.2 Å². The topological polar surface area (TPSA) is 98.5 Å². The van der Waals surface area contributed by atoms with Crippen LogP contribution in [0.2, 0.25) is 0 Å². The molecular formula is C18H20N4O3. The first-order valence-electron chi connectivity index (χ1n) is 7.90. The lowest BCUT2D eigenvalue weighted by atomic mass is 10.0. The van der Waals surface area contributed by atoms with Crippen LogP contribution in [0.5, 0.6) is 0 Å². The first-order valence-corrected chi connectivity index (χ1v) is 7.90. The number of hydrazone groups is 1. The number of anilines is 1. The highest BCUT2D eigenvalue weighted by Gasteiger charge is 2.34. The average molecular weight is 340 g/mol. The second kappa shape index (κ2) is 7.89. The first kappa shape index (κ1) is 17.1. The molecule has 2 aromatic carbocycles. The predicted molar refractivity (Wildman–Crippen MR) is 96.5 cm³/mol. The van der Waals surface area contributed by atoms with Gasteiger partial charge < -0.3 is 10.2 Å². The Morgan fingerprint density at radius 3 is 2.36 bits per heavy atom. The fourth-order valence-electron chi connectivity index (χ4n) is 2.33. The summed E-state index contributed by atoms with van der Waals surface area (Å²) in [6.45, 7) is -0.594. The Hall–Kier alpha value is -2.74. The van der Waals surface area contributed by atoms with Crippen molar-refractivity contribution in [3.63, 3.8) is 0 Å². The van der Waals surface area contributed by atoms with E-state index < -0.39 is 5.54 Å². The smallest absolute Gasteiger partial charge is 0.174 e. The molecule has 0 saturated heterocycles. The normalized spacial score (nSPS) is 16.7. The summed E-state index contributed by atoms with van der Waals surface area (Å²) < 4.78 is 0. The summed E-state index contributed by atoms with van der Waals surface area (Å²) in [5.74, 6) is 0.337. The van der Waals surface area contributed by atoms with E-state index in [-0.39, 0.29) is 19.8 Å². The Kier molecular flexibility index (Phi) is 5.39.